The molecule has 1 saturated heterocycles. The SMILES string of the molecule is Cc1ccc(NC(=O)C2CCCN(c3ncnc4sccc34)C2)cc1S(N)(=O)=O. The highest BCUT2D eigenvalue weighted by Crippen LogP contribution is 2.30. The molecule has 1 aromatic carbocycles. The fourth-order valence-corrected chi connectivity index (χ4v) is 5.18. The van der Waals surface area contributed by atoms with E-state index in [9.17, 15) is 13.2 Å². The number of nitrogens with one attached hydrogen (secondary N) is 1. The highest BCUT2D eigenvalue weighted by molar-refractivity contribution is 7.89. The summed E-state index contributed by atoms with van der Waals surface area (Å²) in [6.45, 7) is 3.03. The van der Waals surface area contributed by atoms with Gasteiger partial charge in [0.2, 0.25) is 15.9 Å². The van der Waals surface area contributed by atoms with Crippen LogP contribution < -0.4 is 15.4 Å². The number of anilines is 2. The maximum absolute atomic E-state index is 12.9. The summed E-state index contributed by atoms with van der Waals surface area (Å²) in [4.78, 5) is 24.6. The minimum absolute atomic E-state index is 0.0152. The van der Waals surface area contributed by atoms with Crippen molar-refractivity contribution in [3.05, 3.63) is 41.5 Å². The molecule has 3 aromatic rings. The number of carbonyl (C=O) groups excluding carboxylic acids is 1. The summed E-state index contributed by atoms with van der Waals surface area (Å²) in [5, 5.41) is 11.1. The van der Waals surface area contributed by atoms with E-state index in [1.807, 2.05) is 11.4 Å². The Morgan fingerprint density at radius 1 is 1.31 bits per heavy atom. The maximum atomic E-state index is 12.9. The van der Waals surface area contributed by atoms with Crippen LogP contribution in [0.4, 0.5) is 11.5 Å². The third-order valence-electron chi connectivity index (χ3n) is 5.09. The fraction of sp³-hybridized carbons (Fsp3) is 0.316. The zero-order valence-corrected chi connectivity index (χ0v) is 17.5. The number of fused-ring (bicyclic) bond motifs is 1. The Kier molecular flexibility index (Phi) is 5.24. The van der Waals surface area contributed by atoms with Crippen LogP contribution in [-0.4, -0.2) is 37.4 Å². The number of aromatic nitrogens is 2. The lowest BCUT2D eigenvalue weighted by atomic mass is 9.96. The number of nitrogens with two attached hydrogens (primary N) is 1. The van der Waals surface area contributed by atoms with Crippen LogP contribution in [0.3, 0.4) is 0 Å². The molecule has 2 aromatic heterocycles. The predicted molar refractivity (Wildman–Crippen MR) is 114 cm³/mol. The first-order valence-electron chi connectivity index (χ1n) is 9.20. The van der Waals surface area contributed by atoms with Crippen LogP contribution in [0, 0.1) is 12.8 Å². The molecule has 8 nitrogen and oxygen atoms in total. The predicted octanol–water partition coefficient (Wildman–Crippen LogP) is 2.50. The van der Waals surface area contributed by atoms with Gasteiger partial charge in [-0.25, -0.2) is 23.5 Å². The van der Waals surface area contributed by atoms with Crippen molar-refractivity contribution < 1.29 is 13.2 Å². The fourth-order valence-electron chi connectivity index (χ4n) is 3.64. The van der Waals surface area contributed by atoms with E-state index in [0.717, 1.165) is 35.4 Å². The molecule has 1 fully saturated rings. The smallest absolute Gasteiger partial charge is 0.238 e. The van der Waals surface area contributed by atoms with Gasteiger partial charge < -0.3 is 10.2 Å². The van der Waals surface area contributed by atoms with Crippen LogP contribution in [0.2, 0.25) is 0 Å². The monoisotopic (exact) mass is 431 g/mol. The first-order valence-corrected chi connectivity index (χ1v) is 11.6. The molecule has 3 heterocycles. The van der Waals surface area contributed by atoms with Gasteiger partial charge in [0, 0.05) is 18.8 Å². The summed E-state index contributed by atoms with van der Waals surface area (Å²) < 4.78 is 23.5. The van der Waals surface area contributed by atoms with Crippen molar-refractivity contribution in [2.75, 3.05) is 23.3 Å². The largest absolute Gasteiger partial charge is 0.355 e. The number of nitrogens with zero attached hydrogens (tertiary/aromatic N) is 3. The number of amides is 1. The Morgan fingerprint density at radius 2 is 2.14 bits per heavy atom. The Bertz CT molecular complexity index is 1180. The van der Waals surface area contributed by atoms with Crippen LogP contribution in [0.5, 0.6) is 0 Å². The molecule has 0 radical (unpaired) electrons. The topological polar surface area (TPSA) is 118 Å². The molecule has 0 saturated carbocycles. The molecule has 0 spiro atoms. The molecule has 1 amide bonds. The summed E-state index contributed by atoms with van der Waals surface area (Å²) in [6, 6.07) is 6.72. The average molecular weight is 432 g/mol. The highest BCUT2D eigenvalue weighted by atomic mass is 32.2. The van der Waals surface area contributed by atoms with Gasteiger partial charge >= 0.3 is 0 Å². The van der Waals surface area contributed by atoms with Gasteiger partial charge in [0.25, 0.3) is 0 Å². The van der Waals surface area contributed by atoms with Crippen LogP contribution in [0.25, 0.3) is 10.2 Å². The van der Waals surface area contributed by atoms with Gasteiger partial charge in [-0.15, -0.1) is 11.3 Å². The lowest BCUT2D eigenvalue weighted by Gasteiger charge is -2.33. The normalized spacial score (nSPS) is 17.4. The van der Waals surface area contributed by atoms with E-state index < -0.39 is 10.0 Å². The second-order valence-electron chi connectivity index (χ2n) is 7.14. The minimum atomic E-state index is -3.85. The Hall–Kier alpha value is -2.56. The van der Waals surface area contributed by atoms with Gasteiger partial charge in [-0.05, 0) is 48.9 Å². The zero-order valence-electron chi connectivity index (χ0n) is 15.8. The van der Waals surface area contributed by atoms with Crippen molar-refractivity contribution >= 4 is 49.0 Å². The summed E-state index contributed by atoms with van der Waals surface area (Å²) in [5.74, 6) is 0.474. The van der Waals surface area contributed by atoms with Crippen molar-refractivity contribution in [1.82, 2.24) is 9.97 Å². The van der Waals surface area contributed by atoms with E-state index in [0.29, 0.717) is 17.8 Å². The van der Waals surface area contributed by atoms with Gasteiger partial charge in [-0.2, -0.15) is 0 Å². The number of benzene rings is 1. The van der Waals surface area contributed by atoms with Gasteiger partial charge in [-0.1, -0.05) is 6.07 Å². The standard InChI is InChI=1S/C19H21N5O3S2/c1-12-4-5-14(9-16(12)29(20,26)27)23-18(25)13-3-2-7-24(10-13)17-15-6-8-28-19(15)22-11-21-17/h4-6,8-9,11,13H,2-3,7,10H2,1H3,(H,23,25)(H2,20,26,27). The third-order valence-corrected chi connectivity index (χ3v) is 6.97. The van der Waals surface area contributed by atoms with Crippen LogP contribution in [0.1, 0.15) is 18.4 Å². The molecule has 1 aliphatic rings. The molecular weight excluding hydrogens is 410 g/mol. The quantitative estimate of drug-likeness (QED) is 0.655. The first kappa shape index (κ1) is 19.7. The van der Waals surface area contributed by atoms with Gasteiger partial charge in [0.15, 0.2) is 0 Å². The number of hydrogen-bond donors (Lipinski definition) is 2. The summed E-state index contributed by atoms with van der Waals surface area (Å²) in [5.41, 5.74) is 0.960. The molecule has 1 aliphatic heterocycles. The first-order chi connectivity index (χ1) is 13.8. The number of primary sulfonamides is 1. The highest BCUT2D eigenvalue weighted by Gasteiger charge is 2.28. The summed E-state index contributed by atoms with van der Waals surface area (Å²) in [7, 11) is -3.85. The number of piperidine rings is 1. The Balaban J connectivity index is 1.52. The van der Waals surface area contributed by atoms with E-state index in [2.05, 4.69) is 20.2 Å². The number of thiophene rings is 1. The lowest BCUT2D eigenvalue weighted by molar-refractivity contribution is -0.120. The second kappa shape index (κ2) is 7.69. The van der Waals surface area contributed by atoms with Crippen LogP contribution >= 0.6 is 11.3 Å². The molecule has 152 valence electrons. The van der Waals surface area contributed by atoms with Gasteiger partial charge in [0.1, 0.15) is 17.0 Å². The molecular formula is C19H21N5O3S2. The van der Waals surface area contributed by atoms with Crippen molar-refractivity contribution in [2.24, 2.45) is 11.1 Å². The number of rotatable bonds is 4. The average Bonchev–Trinajstić information content (AvgIpc) is 3.17. The number of carbonyl (C=O) groups is 1. The number of aryl methyl sites for hydroxylation is 1. The molecule has 4 rings (SSSR count). The van der Waals surface area contributed by atoms with Gasteiger partial charge in [0.05, 0.1) is 16.2 Å². The maximum Gasteiger partial charge on any atom is 0.238 e. The molecule has 10 heteroatoms. The van der Waals surface area contributed by atoms with Crippen LogP contribution in [0.15, 0.2) is 40.9 Å². The lowest BCUT2D eigenvalue weighted by Crippen LogP contribution is -2.41. The molecule has 0 bridgehead atoms. The Labute approximate surface area is 172 Å². The minimum Gasteiger partial charge on any atom is -0.355 e. The third kappa shape index (κ3) is 4.09. The van der Waals surface area contributed by atoms with Crippen molar-refractivity contribution in [1.29, 1.82) is 0 Å². The number of sulfonamides is 1. The Morgan fingerprint density at radius 3 is 2.93 bits per heavy atom. The van der Waals surface area contributed by atoms with E-state index in [4.69, 9.17) is 5.14 Å². The molecule has 1 unspecified atom stereocenters. The van der Waals surface area contributed by atoms with Crippen molar-refractivity contribution in [3.8, 4) is 0 Å². The van der Waals surface area contributed by atoms with Crippen molar-refractivity contribution in [2.45, 2.75) is 24.7 Å². The zero-order chi connectivity index (χ0) is 20.6. The van der Waals surface area contributed by atoms with E-state index >= 15 is 0 Å². The summed E-state index contributed by atoms with van der Waals surface area (Å²) in [6.07, 6.45) is 3.18. The van der Waals surface area contributed by atoms with E-state index in [-0.39, 0.29) is 16.7 Å². The van der Waals surface area contributed by atoms with Crippen molar-refractivity contribution in [3.63, 3.8) is 0 Å². The van der Waals surface area contributed by atoms with Gasteiger partial charge in [-0.3, -0.25) is 4.79 Å². The van der Waals surface area contributed by atoms with E-state index in [1.165, 1.54) is 6.07 Å². The molecule has 3 N–H and O–H groups in total. The molecule has 0 aliphatic carbocycles. The second-order valence-corrected chi connectivity index (χ2v) is 9.56. The summed E-state index contributed by atoms with van der Waals surface area (Å²) >= 11 is 1.56. The van der Waals surface area contributed by atoms with E-state index in [1.54, 1.807) is 36.7 Å². The van der Waals surface area contributed by atoms with Crippen LogP contribution in [-0.2, 0) is 14.8 Å². The molecule has 1 atom stereocenters. The number of hydrogen-bond acceptors (Lipinski definition) is 7. The molecule has 29 heavy (non-hydrogen) atoms.